The van der Waals surface area contributed by atoms with Crippen LogP contribution in [0.4, 0.5) is 8.78 Å². The largest absolute Gasteiger partial charge is 0.330 e. The molecule has 1 atom stereocenters. The van der Waals surface area contributed by atoms with Crippen molar-refractivity contribution in [2.24, 2.45) is 11.7 Å². The molecule has 0 saturated carbocycles. The lowest BCUT2D eigenvalue weighted by molar-refractivity contribution is 0.469. The SMILES string of the molecule is CCC(CN)CNCc1ccc(F)c(F)c1. The van der Waals surface area contributed by atoms with Crippen molar-refractivity contribution in [3.8, 4) is 0 Å². The highest BCUT2D eigenvalue weighted by molar-refractivity contribution is 5.17. The second-order valence-corrected chi connectivity index (χ2v) is 3.89. The van der Waals surface area contributed by atoms with E-state index >= 15 is 0 Å². The molecule has 0 aromatic heterocycles. The number of hydrogen-bond acceptors (Lipinski definition) is 2. The first kappa shape index (κ1) is 13.1. The van der Waals surface area contributed by atoms with Gasteiger partial charge >= 0.3 is 0 Å². The highest BCUT2D eigenvalue weighted by atomic mass is 19.2. The van der Waals surface area contributed by atoms with Gasteiger partial charge in [-0.15, -0.1) is 0 Å². The molecule has 0 spiro atoms. The Hall–Kier alpha value is -1.00. The van der Waals surface area contributed by atoms with Crippen molar-refractivity contribution in [2.75, 3.05) is 13.1 Å². The third-order valence-electron chi connectivity index (χ3n) is 2.66. The summed E-state index contributed by atoms with van der Waals surface area (Å²) in [6, 6.07) is 3.94. The molecular formula is C12H18F2N2. The lowest BCUT2D eigenvalue weighted by atomic mass is 10.1. The Morgan fingerprint density at radius 2 is 2.06 bits per heavy atom. The van der Waals surface area contributed by atoms with Crippen LogP contribution in [0, 0.1) is 17.6 Å². The van der Waals surface area contributed by atoms with Crippen molar-refractivity contribution in [1.29, 1.82) is 0 Å². The zero-order valence-corrected chi connectivity index (χ0v) is 9.47. The number of nitrogens with two attached hydrogens (primary N) is 1. The minimum absolute atomic E-state index is 0.435. The fourth-order valence-electron chi connectivity index (χ4n) is 1.46. The van der Waals surface area contributed by atoms with Crippen LogP contribution in [0.3, 0.4) is 0 Å². The molecule has 0 bridgehead atoms. The van der Waals surface area contributed by atoms with Gasteiger partial charge in [-0.2, -0.15) is 0 Å². The summed E-state index contributed by atoms with van der Waals surface area (Å²) in [7, 11) is 0. The molecule has 1 aromatic carbocycles. The smallest absolute Gasteiger partial charge is 0.159 e. The van der Waals surface area contributed by atoms with Gasteiger partial charge in [0, 0.05) is 6.54 Å². The lowest BCUT2D eigenvalue weighted by Gasteiger charge is -2.13. The van der Waals surface area contributed by atoms with E-state index in [0.717, 1.165) is 24.6 Å². The highest BCUT2D eigenvalue weighted by Crippen LogP contribution is 2.08. The van der Waals surface area contributed by atoms with E-state index in [1.165, 1.54) is 6.07 Å². The number of benzene rings is 1. The van der Waals surface area contributed by atoms with Crippen LogP contribution in [0.25, 0.3) is 0 Å². The van der Waals surface area contributed by atoms with Crippen LogP contribution in [0.1, 0.15) is 18.9 Å². The molecule has 4 heteroatoms. The Labute approximate surface area is 94.8 Å². The van der Waals surface area contributed by atoms with E-state index in [0.29, 0.717) is 19.0 Å². The first-order valence-electron chi connectivity index (χ1n) is 5.52. The van der Waals surface area contributed by atoms with Gasteiger partial charge in [-0.25, -0.2) is 8.78 Å². The Bertz CT molecular complexity index is 325. The van der Waals surface area contributed by atoms with Gasteiger partial charge in [0.15, 0.2) is 11.6 Å². The molecule has 16 heavy (non-hydrogen) atoms. The van der Waals surface area contributed by atoms with Crippen molar-refractivity contribution < 1.29 is 8.78 Å². The summed E-state index contributed by atoms with van der Waals surface area (Å²) in [5.41, 5.74) is 6.30. The maximum Gasteiger partial charge on any atom is 0.159 e. The molecule has 1 rings (SSSR count). The van der Waals surface area contributed by atoms with Crippen LogP contribution in [0.2, 0.25) is 0 Å². The van der Waals surface area contributed by atoms with E-state index in [9.17, 15) is 8.78 Å². The maximum absolute atomic E-state index is 12.9. The van der Waals surface area contributed by atoms with Gasteiger partial charge in [-0.3, -0.25) is 0 Å². The second kappa shape index (κ2) is 6.55. The number of hydrogen-bond donors (Lipinski definition) is 2. The Balaban J connectivity index is 2.40. The van der Waals surface area contributed by atoms with Crippen molar-refractivity contribution in [2.45, 2.75) is 19.9 Å². The third-order valence-corrected chi connectivity index (χ3v) is 2.66. The minimum Gasteiger partial charge on any atom is -0.330 e. The van der Waals surface area contributed by atoms with E-state index in [2.05, 4.69) is 12.2 Å². The molecule has 90 valence electrons. The van der Waals surface area contributed by atoms with Crippen LogP contribution in [-0.2, 0) is 6.54 Å². The predicted molar refractivity (Wildman–Crippen MR) is 60.9 cm³/mol. The van der Waals surface area contributed by atoms with Crippen LogP contribution in [-0.4, -0.2) is 13.1 Å². The Kier molecular flexibility index (Phi) is 5.35. The van der Waals surface area contributed by atoms with E-state index in [1.54, 1.807) is 6.07 Å². The molecule has 0 aliphatic carbocycles. The fraction of sp³-hybridized carbons (Fsp3) is 0.500. The van der Waals surface area contributed by atoms with Crippen LogP contribution in [0.5, 0.6) is 0 Å². The lowest BCUT2D eigenvalue weighted by Crippen LogP contribution is -2.27. The van der Waals surface area contributed by atoms with E-state index in [1.807, 2.05) is 0 Å². The van der Waals surface area contributed by atoms with E-state index < -0.39 is 11.6 Å². The average Bonchev–Trinajstić information content (AvgIpc) is 2.29. The first-order valence-corrected chi connectivity index (χ1v) is 5.52. The zero-order chi connectivity index (χ0) is 12.0. The van der Waals surface area contributed by atoms with E-state index in [4.69, 9.17) is 5.73 Å². The van der Waals surface area contributed by atoms with Crippen molar-refractivity contribution >= 4 is 0 Å². The maximum atomic E-state index is 12.9. The molecule has 0 aliphatic heterocycles. The molecule has 0 amide bonds. The summed E-state index contributed by atoms with van der Waals surface area (Å²) >= 11 is 0. The summed E-state index contributed by atoms with van der Waals surface area (Å²) in [6.07, 6.45) is 1.02. The molecular weight excluding hydrogens is 210 g/mol. The summed E-state index contributed by atoms with van der Waals surface area (Å²) in [6.45, 7) is 4.05. The first-order chi connectivity index (χ1) is 7.67. The van der Waals surface area contributed by atoms with Gasteiger partial charge in [0.25, 0.3) is 0 Å². The molecule has 3 N–H and O–H groups in total. The van der Waals surface area contributed by atoms with Crippen LogP contribution < -0.4 is 11.1 Å². The normalized spacial score (nSPS) is 12.8. The molecule has 0 saturated heterocycles. The quantitative estimate of drug-likeness (QED) is 0.782. The van der Waals surface area contributed by atoms with Crippen molar-refractivity contribution in [3.05, 3.63) is 35.4 Å². The fourth-order valence-corrected chi connectivity index (χ4v) is 1.46. The summed E-state index contributed by atoms with van der Waals surface area (Å²) in [5, 5.41) is 3.18. The molecule has 0 fully saturated rings. The molecule has 2 nitrogen and oxygen atoms in total. The van der Waals surface area contributed by atoms with Crippen LogP contribution in [0.15, 0.2) is 18.2 Å². The summed E-state index contributed by atoms with van der Waals surface area (Å²) in [5.74, 6) is -1.17. The zero-order valence-electron chi connectivity index (χ0n) is 9.47. The van der Waals surface area contributed by atoms with Crippen LogP contribution >= 0.6 is 0 Å². The highest BCUT2D eigenvalue weighted by Gasteiger charge is 2.04. The third kappa shape index (κ3) is 3.87. The number of rotatable bonds is 6. The van der Waals surface area contributed by atoms with Crippen molar-refractivity contribution in [3.63, 3.8) is 0 Å². The van der Waals surface area contributed by atoms with Gasteiger partial charge in [0.1, 0.15) is 0 Å². The summed E-state index contributed by atoms with van der Waals surface area (Å²) < 4.78 is 25.5. The predicted octanol–water partition coefficient (Wildman–Crippen LogP) is 2.04. The molecule has 0 radical (unpaired) electrons. The second-order valence-electron chi connectivity index (χ2n) is 3.89. The van der Waals surface area contributed by atoms with Gasteiger partial charge in [0.2, 0.25) is 0 Å². The number of nitrogens with one attached hydrogen (secondary N) is 1. The number of halogens is 2. The molecule has 1 unspecified atom stereocenters. The van der Waals surface area contributed by atoms with Gasteiger partial charge < -0.3 is 11.1 Å². The summed E-state index contributed by atoms with van der Waals surface area (Å²) in [4.78, 5) is 0. The molecule has 0 aliphatic rings. The van der Waals surface area contributed by atoms with Gasteiger partial charge in [0.05, 0.1) is 0 Å². The Morgan fingerprint density at radius 1 is 1.31 bits per heavy atom. The standard InChI is InChI=1S/C12H18F2N2/c1-2-9(6-15)7-16-8-10-3-4-11(13)12(14)5-10/h3-5,9,16H,2,6-8,15H2,1H3. The topological polar surface area (TPSA) is 38.0 Å². The minimum atomic E-state index is -0.808. The molecule has 0 heterocycles. The van der Waals surface area contributed by atoms with Gasteiger partial charge in [-0.05, 0) is 36.7 Å². The molecule has 1 aromatic rings. The van der Waals surface area contributed by atoms with Gasteiger partial charge in [-0.1, -0.05) is 19.4 Å². The monoisotopic (exact) mass is 228 g/mol. The van der Waals surface area contributed by atoms with Crippen molar-refractivity contribution in [1.82, 2.24) is 5.32 Å². The average molecular weight is 228 g/mol. The van der Waals surface area contributed by atoms with E-state index in [-0.39, 0.29) is 0 Å². The Morgan fingerprint density at radius 3 is 2.62 bits per heavy atom.